The molecule has 31 heavy (non-hydrogen) atoms. The molecular formula is C20H23F5IN3O2. The van der Waals surface area contributed by atoms with Crippen LogP contribution in [0.25, 0.3) is 10.9 Å². The van der Waals surface area contributed by atoms with Crippen LogP contribution < -0.4 is 5.32 Å². The second-order valence-electron chi connectivity index (χ2n) is 8.56. The average Bonchev–Trinajstić information content (AvgIpc) is 2.90. The minimum atomic E-state index is -4.41. The number of hydrogen-bond donors (Lipinski definition) is 1. The Morgan fingerprint density at radius 1 is 1.29 bits per heavy atom. The van der Waals surface area contributed by atoms with E-state index in [1.807, 2.05) is 0 Å². The van der Waals surface area contributed by atoms with E-state index in [0.29, 0.717) is 20.3 Å². The van der Waals surface area contributed by atoms with Gasteiger partial charge in [-0.3, -0.25) is 0 Å². The number of carbonyl (C=O) groups excluding carboxylic acids is 1. The lowest BCUT2D eigenvalue weighted by Gasteiger charge is -2.39. The van der Waals surface area contributed by atoms with Gasteiger partial charge in [-0.1, -0.05) is 6.07 Å². The lowest BCUT2D eigenvalue weighted by Crippen LogP contribution is -2.56. The first kappa shape index (κ1) is 23.9. The quantitative estimate of drug-likeness (QED) is 0.379. The predicted molar refractivity (Wildman–Crippen MR) is 115 cm³/mol. The number of halogens is 6. The van der Waals surface area contributed by atoms with Crippen LogP contribution in [0.5, 0.6) is 0 Å². The fourth-order valence-electron chi connectivity index (χ4n) is 3.51. The summed E-state index contributed by atoms with van der Waals surface area (Å²) in [5.41, 5.74) is -0.161. The number of fused-ring (bicyclic) bond motifs is 1. The van der Waals surface area contributed by atoms with Gasteiger partial charge in [0.1, 0.15) is 12.1 Å². The van der Waals surface area contributed by atoms with E-state index in [4.69, 9.17) is 4.74 Å². The Hall–Kier alpha value is -1.79. The molecule has 1 aromatic carbocycles. The standard InChI is InChI=1S/C20H23F5IN3O2/c1-18(2,3)31-17(30)28-8-7-15(19(21,22)10-28)27-13-5-4-6-14-12(13)9-16(26)29(14)11-20(23,24)25/h4-6,9,15,27H,7-8,10-11H2,1-3H3/t15-/m0/s1. The van der Waals surface area contributed by atoms with Crippen LogP contribution in [0.1, 0.15) is 27.2 Å². The van der Waals surface area contributed by atoms with E-state index >= 15 is 0 Å². The molecule has 11 heteroatoms. The average molecular weight is 559 g/mol. The second-order valence-corrected chi connectivity index (χ2v) is 9.66. The molecule has 2 heterocycles. The molecule has 0 radical (unpaired) electrons. The van der Waals surface area contributed by atoms with Crippen molar-refractivity contribution in [3.8, 4) is 0 Å². The Bertz CT molecular complexity index is 968. The number of nitrogens with one attached hydrogen (secondary N) is 1. The number of likely N-dealkylation sites (tertiary alicyclic amines) is 1. The number of aromatic nitrogens is 1. The summed E-state index contributed by atoms with van der Waals surface area (Å²) < 4.78 is 75.1. The molecule has 1 aromatic heterocycles. The number of amides is 1. The molecule has 0 aliphatic carbocycles. The molecule has 3 rings (SSSR count). The summed E-state index contributed by atoms with van der Waals surface area (Å²) in [4.78, 5) is 13.1. The van der Waals surface area contributed by atoms with Gasteiger partial charge in [-0.2, -0.15) is 13.2 Å². The van der Waals surface area contributed by atoms with Gasteiger partial charge in [0.15, 0.2) is 0 Å². The Labute approximate surface area is 190 Å². The zero-order valence-electron chi connectivity index (χ0n) is 17.2. The first-order valence-electron chi connectivity index (χ1n) is 9.63. The SMILES string of the molecule is CC(C)(C)OC(=O)N1CC[C@H](Nc2cccc3c2cc(I)n3CC(F)(F)F)C(F)(F)C1. The Kier molecular flexibility index (Phi) is 6.38. The molecule has 1 N–H and O–H groups in total. The summed E-state index contributed by atoms with van der Waals surface area (Å²) in [5, 5.41) is 3.23. The first-order chi connectivity index (χ1) is 14.2. The van der Waals surface area contributed by atoms with Crippen molar-refractivity contribution in [1.82, 2.24) is 9.47 Å². The molecule has 1 amide bonds. The summed E-state index contributed by atoms with van der Waals surface area (Å²) in [7, 11) is 0. The van der Waals surface area contributed by atoms with E-state index in [0.717, 1.165) is 9.47 Å². The molecule has 0 unspecified atom stereocenters. The number of rotatable bonds is 3. The van der Waals surface area contributed by atoms with Crippen LogP contribution in [-0.4, -0.2) is 52.4 Å². The number of piperidine rings is 1. The van der Waals surface area contributed by atoms with Crippen molar-refractivity contribution in [1.29, 1.82) is 0 Å². The van der Waals surface area contributed by atoms with Crippen molar-refractivity contribution in [3.63, 3.8) is 0 Å². The Balaban J connectivity index is 1.80. The van der Waals surface area contributed by atoms with Gasteiger partial charge < -0.3 is 19.5 Å². The monoisotopic (exact) mass is 559 g/mol. The molecule has 172 valence electrons. The molecule has 1 fully saturated rings. The maximum absolute atomic E-state index is 14.8. The van der Waals surface area contributed by atoms with Crippen LogP contribution in [0, 0.1) is 3.70 Å². The van der Waals surface area contributed by atoms with Crippen molar-refractivity contribution >= 4 is 45.3 Å². The molecule has 0 saturated carbocycles. The van der Waals surface area contributed by atoms with Crippen LogP contribution in [-0.2, 0) is 11.3 Å². The van der Waals surface area contributed by atoms with Crippen molar-refractivity contribution < 1.29 is 31.5 Å². The highest BCUT2D eigenvalue weighted by molar-refractivity contribution is 14.1. The molecule has 0 spiro atoms. The van der Waals surface area contributed by atoms with Crippen molar-refractivity contribution in [2.75, 3.05) is 18.4 Å². The Morgan fingerprint density at radius 3 is 2.55 bits per heavy atom. The number of anilines is 1. The third-order valence-electron chi connectivity index (χ3n) is 4.81. The molecular weight excluding hydrogens is 536 g/mol. The highest BCUT2D eigenvalue weighted by Gasteiger charge is 2.47. The number of ether oxygens (including phenoxy) is 1. The summed E-state index contributed by atoms with van der Waals surface area (Å²) >= 11 is 1.80. The first-order valence-corrected chi connectivity index (χ1v) is 10.7. The van der Waals surface area contributed by atoms with E-state index < -0.39 is 42.9 Å². The smallest absolute Gasteiger partial charge is 0.410 e. The molecule has 1 atom stereocenters. The van der Waals surface area contributed by atoms with Crippen LogP contribution in [0.15, 0.2) is 24.3 Å². The van der Waals surface area contributed by atoms with E-state index in [9.17, 15) is 26.7 Å². The van der Waals surface area contributed by atoms with E-state index in [2.05, 4.69) is 5.32 Å². The maximum Gasteiger partial charge on any atom is 0.410 e. The molecule has 2 aromatic rings. The third-order valence-corrected chi connectivity index (χ3v) is 5.71. The van der Waals surface area contributed by atoms with Gasteiger partial charge in [0.25, 0.3) is 5.92 Å². The largest absolute Gasteiger partial charge is 0.444 e. The molecule has 1 aliphatic rings. The van der Waals surface area contributed by atoms with Gasteiger partial charge in [-0.15, -0.1) is 0 Å². The van der Waals surface area contributed by atoms with Gasteiger partial charge in [0, 0.05) is 17.6 Å². The highest BCUT2D eigenvalue weighted by atomic mass is 127. The zero-order valence-corrected chi connectivity index (χ0v) is 19.4. The number of hydrogen-bond acceptors (Lipinski definition) is 3. The van der Waals surface area contributed by atoms with E-state index in [1.165, 1.54) is 18.2 Å². The highest BCUT2D eigenvalue weighted by Crippen LogP contribution is 2.35. The zero-order chi connectivity index (χ0) is 23.2. The van der Waals surface area contributed by atoms with E-state index in [1.54, 1.807) is 49.4 Å². The van der Waals surface area contributed by atoms with Crippen LogP contribution in [0.3, 0.4) is 0 Å². The molecule has 1 aliphatic heterocycles. The normalized spacial score (nSPS) is 19.5. The fourth-order valence-corrected chi connectivity index (χ4v) is 4.25. The van der Waals surface area contributed by atoms with Crippen molar-refractivity contribution in [2.45, 2.75) is 57.5 Å². The lowest BCUT2D eigenvalue weighted by molar-refractivity contribution is -0.140. The maximum atomic E-state index is 14.8. The minimum Gasteiger partial charge on any atom is -0.444 e. The summed E-state index contributed by atoms with van der Waals surface area (Å²) in [5.74, 6) is -3.25. The van der Waals surface area contributed by atoms with Crippen LogP contribution in [0.2, 0.25) is 0 Å². The predicted octanol–water partition coefficient (Wildman–Crippen LogP) is 5.86. The lowest BCUT2D eigenvalue weighted by atomic mass is 10.00. The fraction of sp³-hybridized carbons (Fsp3) is 0.550. The third kappa shape index (κ3) is 5.72. The number of benzene rings is 1. The van der Waals surface area contributed by atoms with Crippen LogP contribution >= 0.6 is 22.6 Å². The number of nitrogens with zero attached hydrogens (tertiary/aromatic N) is 2. The summed E-state index contributed by atoms with van der Waals surface area (Å²) in [6.07, 6.45) is -5.24. The van der Waals surface area contributed by atoms with Gasteiger partial charge in [0.2, 0.25) is 0 Å². The molecule has 1 saturated heterocycles. The summed E-state index contributed by atoms with van der Waals surface area (Å²) in [6.45, 7) is 3.08. The van der Waals surface area contributed by atoms with Crippen LogP contribution in [0.4, 0.5) is 32.4 Å². The van der Waals surface area contributed by atoms with E-state index in [-0.39, 0.29) is 13.0 Å². The molecule has 5 nitrogen and oxygen atoms in total. The van der Waals surface area contributed by atoms with Gasteiger partial charge in [0.05, 0.1) is 21.8 Å². The van der Waals surface area contributed by atoms with Crippen molar-refractivity contribution in [2.24, 2.45) is 0 Å². The molecule has 0 bridgehead atoms. The Morgan fingerprint density at radius 2 is 1.97 bits per heavy atom. The van der Waals surface area contributed by atoms with Gasteiger partial charge in [-0.25, -0.2) is 13.6 Å². The summed E-state index contributed by atoms with van der Waals surface area (Å²) in [6, 6.07) is 4.88. The number of carbonyl (C=O) groups is 1. The second kappa shape index (κ2) is 8.28. The van der Waals surface area contributed by atoms with Gasteiger partial charge in [-0.05, 0) is 68.0 Å². The van der Waals surface area contributed by atoms with Gasteiger partial charge >= 0.3 is 12.3 Å². The number of alkyl halides is 5. The topological polar surface area (TPSA) is 46.5 Å². The van der Waals surface area contributed by atoms with Crippen molar-refractivity contribution in [3.05, 3.63) is 28.0 Å². The minimum absolute atomic E-state index is 0.0387.